The van der Waals surface area contributed by atoms with E-state index in [9.17, 15) is 4.79 Å². The summed E-state index contributed by atoms with van der Waals surface area (Å²) in [6, 6.07) is 1.96. The van der Waals surface area contributed by atoms with Gasteiger partial charge in [0.05, 0.1) is 0 Å². The first-order valence-electron chi connectivity index (χ1n) is 7.39. The van der Waals surface area contributed by atoms with Crippen LogP contribution in [0.5, 0.6) is 0 Å². The van der Waals surface area contributed by atoms with Crippen LogP contribution in [0.4, 0.5) is 11.8 Å². The third-order valence-corrected chi connectivity index (χ3v) is 3.35. The lowest BCUT2D eigenvalue weighted by Gasteiger charge is -2.34. The largest absolute Gasteiger partial charge is 0.365 e. The fourth-order valence-electron chi connectivity index (χ4n) is 2.36. The van der Waals surface area contributed by atoms with E-state index in [1.165, 1.54) is 0 Å². The van der Waals surface area contributed by atoms with Crippen molar-refractivity contribution < 1.29 is 4.79 Å². The summed E-state index contributed by atoms with van der Waals surface area (Å²) in [5.74, 6) is 1.72. The number of anilines is 2. The number of aromatic nitrogens is 2. The number of nitrogens with one attached hydrogen (secondary N) is 1. The van der Waals surface area contributed by atoms with E-state index in [0.29, 0.717) is 0 Å². The molecule has 1 aliphatic heterocycles. The Balaban J connectivity index is 2.12. The summed E-state index contributed by atoms with van der Waals surface area (Å²) in [5, 5.41) is 3.39. The molecule has 0 aliphatic carbocycles. The summed E-state index contributed by atoms with van der Waals surface area (Å²) < 4.78 is 0. The lowest BCUT2D eigenvalue weighted by atomic mass is 10.1. The van der Waals surface area contributed by atoms with Gasteiger partial charge >= 0.3 is 0 Å². The number of hydrogen-bond donors (Lipinski definition) is 1. The van der Waals surface area contributed by atoms with Crippen LogP contribution in [0.3, 0.4) is 0 Å². The van der Waals surface area contributed by atoms with Gasteiger partial charge in [-0.15, -0.1) is 0 Å². The van der Waals surface area contributed by atoms with E-state index >= 15 is 0 Å². The molecule has 0 unspecified atom stereocenters. The Morgan fingerprint density at radius 2 is 1.81 bits per heavy atom. The first-order valence-corrected chi connectivity index (χ1v) is 7.39. The van der Waals surface area contributed by atoms with Gasteiger partial charge in [0, 0.05) is 50.4 Å². The van der Waals surface area contributed by atoms with Crippen LogP contribution < -0.4 is 10.2 Å². The molecule has 1 aromatic heterocycles. The normalized spacial score (nSPS) is 16.0. The summed E-state index contributed by atoms with van der Waals surface area (Å²) >= 11 is 0. The summed E-state index contributed by atoms with van der Waals surface area (Å²) in [6.07, 6.45) is 0. The van der Waals surface area contributed by atoms with Gasteiger partial charge in [-0.2, -0.15) is 4.98 Å². The zero-order chi connectivity index (χ0) is 15.6. The van der Waals surface area contributed by atoms with E-state index < -0.39 is 0 Å². The Morgan fingerprint density at radius 3 is 2.33 bits per heavy atom. The number of nitrogens with zero attached hydrogens (tertiary/aromatic N) is 4. The molecule has 1 saturated heterocycles. The van der Waals surface area contributed by atoms with E-state index in [1.54, 1.807) is 6.92 Å². The van der Waals surface area contributed by atoms with Gasteiger partial charge in [-0.05, 0) is 27.7 Å². The molecule has 1 N–H and O–H groups in total. The molecule has 6 nitrogen and oxygen atoms in total. The molecule has 1 aliphatic rings. The molecule has 0 saturated carbocycles. The van der Waals surface area contributed by atoms with Gasteiger partial charge in [-0.25, -0.2) is 4.98 Å². The maximum absolute atomic E-state index is 11.4. The van der Waals surface area contributed by atoms with Crippen molar-refractivity contribution in [3.63, 3.8) is 0 Å². The van der Waals surface area contributed by atoms with Crippen LogP contribution in [0.15, 0.2) is 6.07 Å². The van der Waals surface area contributed by atoms with Crippen LogP contribution in [0.25, 0.3) is 0 Å². The highest BCUT2D eigenvalue weighted by Crippen LogP contribution is 2.18. The van der Waals surface area contributed by atoms with Crippen molar-refractivity contribution in [3.05, 3.63) is 11.8 Å². The van der Waals surface area contributed by atoms with Gasteiger partial charge in [0.25, 0.3) is 0 Å². The number of hydrogen-bond acceptors (Lipinski definition) is 5. The molecule has 0 radical (unpaired) electrons. The van der Waals surface area contributed by atoms with Crippen LogP contribution in [-0.2, 0) is 4.79 Å². The molecule has 0 aromatic carbocycles. The number of rotatable bonds is 2. The second kappa shape index (κ2) is 5.87. The summed E-state index contributed by atoms with van der Waals surface area (Å²) in [7, 11) is 0. The minimum absolute atomic E-state index is 0.0363. The number of amides is 1. The fraction of sp³-hybridized carbons (Fsp3) is 0.667. The quantitative estimate of drug-likeness (QED) is 0.898. The van der Waals surface area contributed by atoms with Gasteiger partial charge in [-0.1, -0.05) is 0 Å². The molecular formula is C15H25N5O. The maximum atomic E-state index is 11.4. The molecule has 21 heavy (non-hydrogen) atoms. The average Bonchev–Trinajstić information content (AvgIpc) is 2.36. The van der Waals surface area contributed by atoms with E-state index in [0.717, 1.165) is 43.6 Å². The standard InChI is InChI=1S/C15H25N5O/c1-11-10-13(18-15(3,4)5)17-14(16-11)20-8-6-19(7-9-20)12(2)21/h10H,6-9H2,1-5H3,(H,16,17,18). The average molecular weight is 291 g/mol. The molecule has 2 heterocycles. The Labute approximate surface area is 126 Å². The second-order valence-electron chi connectivity index (χ2n) is 6.56. The Bertz CT molecular complexity index is 515. The Kier molecular flexibility index (Phi) is 4.34. The molecular weight excluding hydrogens is 266 g/mol. The van der Waals surface area contributed by atoms with Crippen LogP contribution >= 0.6 is 0 Å². The lowest BCUT2D eigenvalue weighted by molar-refractivity contribution is -0.129. The van der Waals surface area contributed by atoms with E-state index in [4.69, 9.17) is 0 Å². The monoisotopic (exact) mass is 291 g/mol. The minimum Gasteiger partial charge on any atom is -0.365 e. The Morgan fingerprint density at radius 1 is 1.19 bits per heavy atom. The molecule has 2 rings (SSSR count). The molecule has 1 aromatic rings. The number of carbonyl (C=O) groups excluding carboxylic acids is 1. The van der Waals surface area contributed by atoms with Crippen LogP contribution in [0, 0.1) is 6.92 Å². The van der Waals surface area contributed by atoms with Gasteiger partial charge < -0.3 is 15.1 Å². The van der Waals surface area contributed by atoms with Gasteiger partial charge in [0.2, 0.25) is 11.9 Å². The van der Waals surface area contributed by atoms with Crippen LogP contribution in [-0.4, -0.2) is 52.5 Å². The minimum atomic E-state index is -0.0363. The van der Waals surface area contributed by atoms with Crippen LogP contribution in [0.2, 0.25) is 0 Å². The third-order valence-electron chi connectivity index (χ3n) is 3.35. The van der Waals surface area contributed by atoms with Crippen molar-refractivity contribution >= 4 is 17.7 Å². The number of piperazine rings is 1. The van der Waals surface area contributed by atoms with Crippen molar-refractivity contribution in [2.24, 2.45) is 0 Å². The summed E-state index contributed by atoms with van der Waals surface area (Å²) in [5.41, 5.74) is 0.909. The SMILES string of the molecule is CC(=O)N1CCN(c2nc(C)cc(NC(C)(C)C)n2)CC1. The molecule has 1 fully saturated rings. The fourth-order valence-corrected chi connectivity index (χ4v) is 2.36. The predicted octanol–water partition coefficient (Wildman–Crippen LogP) is 1.66. The highest BCUT2D eigenvalue weighted by molar-refractivity contribution is 5.73. The smallest absolute Gasteiger partial charge is 0.227 e. The summed E-state index contributed by atoms with van der Waals surface area (Å²) in [4.78, 5) is 24.5. The highest BCUT2D eigenvalue weighted by atomic mass is 16.2. The first kappa shape index (κ1) is 15.5. The van der Waals surface area contributed by atoms with E-state index in [-0.39, 0.29) is 11.4 Å². The van der Waals surface area contributed by atoms with Gasteiger partial charge in [0.15, 0.2) is 0 Å². The Hall–Kier alpha value is -1.85. The molecule has 1 amide bonds. The van der Waals surface area contributed by atoms with Crippen molar-refractivity contribution in [3.8, 4) is 0 Å². The molecule has 0 bridgehead atoms. The van der Waals surface area contributed by atoms with Crippen molar-refractivity contribution in [2.45, 2.75) is 40.2 Å². The van der Waals surface area contributed by atoms with E-state index in [2.05, 4.69) is 41.0 Å². The second-order valence-corrected chi connectivity index (χ2v) is 6.56. The first-order chi connectivity index (χ1) is 9.74. The predicted molar refractivity (Wildman–Crippen MR) is 84.6 cm³/mol. The van der Waals surface area contributed by atoms with Crippen molar-refractivity contribution in [1.29, 1.82) is 0 Å². The van der Waals surface area contributed by atoms with Crippen LogP contribution in [0.1, 0.15) is 33.4 Å². The molecule has 0 spiro atoms. The van der Waals surface area contributed by atoms with Gasteiger partial charge in [0.1, 0.15) is 5.82 Å². The molecule has 6 heteroatoms. The zero-order valence-corrected chi connectivity index (χ0v) is 13.6. The number of carbonyl (C=O) groups is 1. The molecule has 116 valence electrons. The maximum Gasteiger partial charge on any atom is 0.227 e. The summed E-state index contributed by atoms with van der Waals surface area (Å²) in [6.45, 7) is 12.9. The number of aryl methyl sites for hydroxylation is 1. The molecule has 0 atom stereocenters. The van der Waals surface area contributed by atoms with Crippen molar-refractivity contribution in [2.75, 3.05) is 36.4 Å². The third kappa shape index (κ3) is 4.31. The topological polar surface area (TPSA) is 61.4 Å². The zero-order valence-electron chi connectivity index (χ0n) is 13.6. The van der Waals surface area contributed by atoms with Crippen molar-refractivity contribution in [1.82, 2.24) is 14.9 Å². The van der Waals surface area contributed by atoms with E-state index in [1.807, 2.05) is 17.9 Å². The lowest BCUT2D eigenvalue weighted by Crippen LogP contribution is -2.48. The van der Waals surface area contributed by atoms with Gasteiger partial charge in [-0.3, -0.25) is 4.79 Å². The highest BCUT2D eigenvalue weighted by Gasteiger charge is 2.21.